The van der Waals surface area contributed by atoms with Gasteiger partial charge in [-0.25, -0.2) is 0 Å². The van der Waals surface area contributed by atoms with Crippen LogP contribution in [0.1, 0.15) is 45.6 Å². The highest BCUT2D eigenvalue weighted by Gasteiger charge is 2.60. The highest BCUT2D eigenvalue weighted by molar-refractivity contribution is 8.19. The number of hydrogen-bond acceptors (Lipinski definition) is 6. The maximum atomic E-state index is 13.7. The summed E-state index contributed by atoms with van der Waals surface area (Å²) in [6.45, 7) is 6.99. The number of nitrogens with one attached hydrogen (secondary N) is 1. The Morgan fingerprint density at radius 3 is 2.54 bits per heavy atom. The Labute approximate surface area is 220 Å². The molecule has 1 amide bonds. The highest BCUT2D eigenvalue weighted by Crippen LogP contribution is 2.64. The van der Waals surface area contributed by atoms with E-state index in [4.69, 9.17) is 5.10 Å². The van der Waals surface area contributed by atoms with Gasteiger partial charge in [0, 0.05) is 22.3 Å². The molecule has 0 radical (unpaired) electrons. The number of aromatic hydroxyl groups is 1. The van der Waals surface area contributed by atoms with Crippen LogP contribution in [-0.4, -0.2) is 32.1 Å². The van der Waals surface area contributed by atoms with Crippen LogP contribution in [0.4, 0.5) is 5.69 Å². The number of hydrogen-bond donors (Lipinski definition) is 2. The molecule has 2 unspecified atom stereocenters. The van der Waals surface area contributed by atoms with Crippen LogP contribution in [0.15, 0.2) is 75.9 Å². The van der Waals surface area contributed by atoms with Gasteiger partial charge in [0.15, 0.2) is 0 Å². The summed E-state index contributed by atoms with van der Waals surface area (Å²) in [5.74, 6) is 0.574. The largest absolute Gasteiger partial charge is 0.508 e. The molecule has 2 bridgehead atoms. The third-order valence-electron chi connectivity index (χ3n) is 8.70. The van der Waals surface area contributed by atoms with E-state index >= 15 is 0 Å². The fraction of sp³-hybridized carbons (Fsp3) is 0.310. The minimum atomic E-state index is -0.186. The summed E-state index contributed by atoms with van der Waals surface area (Å²) in [7, 11) is 0. The summed E-state index contributed by atoms with van der Waals surface area (Å²) in [5, 5.41) is 27.0. The van der Waals surface area contributed by atoms with Crippen molar-refractivity contribution in [1.29, 1.82) is 0 Å². The maximum absolute atomic E-state index is 13.7. The van der Waals surface area contributed by atoms with Gasteiger partial charge in [0.25, 0.3) is 5.91 Å². The second-order valence-corrected chi connectivity index (χ2v) is 11.8. The number of phenolic OH excluding ortho intramolecular Hbond substituents is 1. The van der Waals surface area contributed by atoms with Gasteiger partial charge in [0.05, 0.1) is 22.5 Å². The smallest absolute Gasteiger partial charge is 0.271 e. The van der Waals surface area contributed by atoms with E-state index in [1.807, 2.05) is 36.4 Å². The molecule has 188 valence electrons. The Bertz CT molecular complexity index is 1450. The monoisotopic (exact) mass is 511 g/mol. The quantitative estimate of drug-likeness (QED) is 0.310. The molecule has 1 aromatic heterocycles. The Hall–Kier alpha value is -3.65. The number of fused-ring (bicyclic) bond motifs is 2. The number of anilines is 1. The van der Waals surface area contributed by atoms with Gasteiger partial charge in [-0.15, -0.1) is 5.10 Å². The van der Waals surface area contributed by atoms with Crippen molar-refractivity contribution in [3.8, 4) is 17.0 Å². The fourth-order valence-electron chi connectivity index (χ4n) is 5.94. The molecule has 6 rings (SSSR count). The topological polar surface area (TPSA) is 93.9 Å². The first-order valence-electron chi connectivity index (χ1n) is 12.5. The number of phenols is 1. The molecular weight excluding hydrogens is 482 g/mol. The number of amidine groups is 1. The lowest BCUT2D eigenvalue weighted by molar-refractivity contribution is -0.113. The normalized spacial score (nSPS) is 27.8. The average Bonchev–Trinajstić information content (AvgIpc) is 3.58. The van der Waals surface area contributed by atoms with E-state index in [-0.39, 0.29) is 22.5 Å². The van der Waals surface area contributed by atoms with Gasteiger partial charge < -0.3 is 5.11 Å². The Morgan fingerprint density at radius 1 is 1.11 bits per heavy atom. The van der Waals surface area contributed by atoms with Gasteiger partial charge in [-0.2, -0.15) is 10.2 Å². The van der Waals surface area contributed by atoms with E-state index in [2.05, 4.69) is 36.1 Å². The Kier molecular flexibility index (Phi) is 5.60. The van der Waals surface area contributed by atoms with Crippen molar-refractivity contribution in [1.82, 2.24) is 10.2 Å². The first-order valence-corrected chi connectivity index (χ1v) is 13.4. The van der Waals surface area contributed by atoms with E-state index in [1.165, 1.54) is 18.2 Å². The summed E-state index contributed by atoms with van der Waals surface area (Å²) >= 11 is 1.31. The summed E-state index contributed by atoms with van der Waals surface area (Å²) in [6, 6.07) is 16.5. The number of H-pyrrole nitrogens is 1. The summed E-state index contributed by atoms with van der Waals surface area (Å²) < 4.78 is 0. The van der Waals surface area contributed by atoms with Crippen molar-refractivity contribution in [3.63, 3.8) is 0 Å². The van der Waals surface area contributed by atoms with Crippen LogP contribution >= 0.6 is 11.8 Å². The van der Waals surface area contributed by atoms with Crippen molar-refractivity contribution in [2.75, 3.05) is 4.90 Å². The first kappa shape index (κ1) is 23.7. The zero-order chi connectivity index (χ0) is 25.8. The third-order valence-corrected chi connectivity index (χ3v) is 9.66. The molecular formula is C29H29N5O2S. The lowest BCUT2D eigenvalue weighted by Crippen LogP contribution is -2.32. The molecule has 7 nitrogen and oxygen atoms in total. The van der Waals surface area contributed by atoms with E-state index in [0.717, 1.165) is 35.4 Å². The number of carbonyl (C=O) groups is 1. The van der Waals surface area contributed by atoms with Crippen LogP contribution in [0.2, 0.25) is 0 Å². The van der Waals surface area contributed by atoms with Gasteiger partial charge in [0.1, 0.15) is 5.75 Å². The second kappa shape index (κ2) is 8.73. The molecule has 1 aliphatic heterocycles. The molecule has 3 aromatic rings. The summed E-state index contributed by atoms with van der Waals surface area (Å²) in [5.41, 5.74) is 4.64. The van der Waals surface area contributed by atoms with Gasteiger partial charge in [-0.05, 0) is 72.7 Å². The summed E-state index contributed by atoms with van der Waals surface area (Å²) in [4.78, 5) is 15.8. The zero-order valence-corrected chi connectivity index (χ0v) is 21.9. The number of aromatic nitrogens is 2. The lowest BCUT2D eigenvalue weighted by atomic mass is 9.70. The molecule has 2 aromatic carbocycles. The van der Waals surface area contributed by atoms with Crippen LogP contribution in [0.25, 0.3) is 17.3 Å². The standard InChI is InChI=1S/C29H29N5O2S/c1-28(2)20-13-14-29(28,3)24(16-20)31-33-27-34(21-9-11-22(35)12-10-21)26(36)23(37-27)15-19-17-30-32-25(19)18-7-5-4-6-8-18/h4-12,15,17,20,35H,13-14,16H2,1-3H3,(H,30,32). The number of carbonyl (C=O) groups excluding carboxylic acids is 1. The number of rotatable bonds is 4. The van der Waals surface area contributed by atoms with Gasteiger partial charge in [-0.3, -0.25) is 14.8 Å². The molecule has 0 spiro atoms. The van der Waals surface area contributed by atoms with Gasteiger partial charge in [0.2, 0.25) is 5.17 Å². The second-order valence-electron chi connectivity index (χ2n) is 10.8. The van der Waals surface area contributed by atoms with Crippen LogP contribution in [0.5, 0.6) is 5.75 Å². The van der Waals surface area contributed by atoms with E-state index in [9.17, 15) is 9.90 Å². The van der Waals surface area contributed by atoms with Crippen molar-refractivity contribution < 1.29 is 9.90 Å². The van der Waals surface area contributed by atoms with E-state index in [0.29, 0.717) is 21.7 Å². The number of aromatic amines is 1. The molecule has 2 saturated carbocycles. The van der Waals surface area contributed by atoms with Crippen LogP contribution in [0.3, 0.4) is 0 Å². The third kappa shape index (κ3) is 3.82. The molecule has 8 heteroatoms. The Balaban J connectivity index is 1.39. The van der Waals surface area contributed by atoms with Gasteiger partial charge in [-0.1, -0.05) is 51.1 Å². The molecule has 2 aliphatic carbocycles. The number of thioether (sulfide) groups is 1. The molecule has 1 saturated heterocycles. The van der Waals surface area contributed by atoms with Crippen molar-refractivity contribution in [2.45, 2.75) is 40.0 Å². The first-order chi connectivity index (χ1) is 17.8. The predicted octanol–water partition coefficient (Wildman–Crippen LogP) is 6.46. The summed E-state index contributed by atoms with van der Waals surface area (Å²) in [6.07, 6.45) is 6.88. The van der Waals surface area contributed by atoms with Crippen molar-refractivity contribution in [2.24, 2.45) is 27.0 Å². The number of benzene rings is 2. The molecule has 2 heterocycles. The number of amides is 1. The Morgan fingerprint density at radius 2 is 1.86 bits per heavy atom. The molecule has 37 heavy (non-hydrogen) atoms. The lowest BCUT2D eigenvalue weighted by Gasteiger charge is -2.34. The highest BCUT2D eigenvalue weighted by atomic mass is 32.2. The predicted molar refractivity (Wildman–Crippen MR) is 149 cm³/mol. The minimum absolute atomic E-state index is 0.0262. The van der Waals surface area contributed by atoms with Crippen LogP contribution in [-0.2, 0) is 4.79 Å². The molecule has 3 fully saturated rings. The van der Waals surface area contributed by atoms with Crippen LogP contribution < -0.4 is 4.90 Å². The van der Waals surface area contributed by atoms with E-state index < -0.39 is 0 Å². The SMILES string of the molecule is CC12CCC(CC1=NN=C1SC(=Cc3cn[nH]c3-c3ccccc3)C(=O)N1c1ccc(O)cc1)C2(C)C. The maximum Gasteiger partial charge on any atom is 0.271 e. The van der Waals surface area contributed by atoms with Crippen LogP contribution in [0, 0.1) is 16.7 Å². The van der Waals surface area contributed by atoms with E-state index in [1.54, 1.807) is 35.4 Å². The minimum Gasteiger partial charge on any atom is -0.508 e. The molecule has 2 N–H and O–H groups in total. The fourth-order valence-corrected chi connectivity index (χ4v) is 6.86. The average molecular weight is 512 g/mol. The zero-order valence-electron chi connectivity index (χ0n) is 21.1. The van der Waals surface area contributed by atoms with Crippen molar-refractivity contribution >= 4 is 40.3 Å². The van der Waals surface area contributed by atoms with Crippen molar-refractivity contribution in [3.05, 3.63) is 71.3 Å². The molecule has 3 aliphatic rings. The molecule has 2 atom stereocenters. The number of nitrogens with zero attached hydrogens (tertiary/aromatic N) is 4. The van der Waals surface area contributed by atoms with Gasteiger partial charge >= 0.3 is 0 Å².